The van der Waals surface area contributed by atoms with Gasteiger partial charge >= 0.3 is 0 Å². The maximum Gasteiger partial charge on any atom is 0.225 e. The fraction of sp³-hybridized carbons (Fsp3) is 0.286. The molecule has 3 aromatic rings. The van der Waals surface area contributed by atoms with Crippen LogP contribution in [0, 0.1) is 5.82 Å². The van der Waals surface area contributed by atoms with Crippen LogP contribution in [0.4, 0.5) is 16.2 Å². The Labute approximate surface area is 164 Å². The minimum absolute atomic E-state index is 0.241. The molecule has 0 aliphatic carbocycles. The molecular weight excluding hydrogens is 355 g/mol. The van der Waals surface area contributed by atoms with Crippen molar-refractivity contribution in [3.63, 3.8) is 0 Å². The summed E-state index contributed by atoms with van der Waals surface area (Å²) in [5, 5.41) is 6.60. The van der Waals surface area contributed by atoms with Crippen LogP contribution in [0.2, 0.25) is 0 Å². The summed E-state index contributed by atoms with van der Waals surface area (Å²) < 4.78 is 13.1. The average molecular weight is 380 g/mol. The molecule has 2 heterocycles. The molecule has 7 heteroatoms. The molecule has 0 atom stereocenters. The van der Waals surface area contributed by atoms with E-state index in [9.17, 15) is 4.39 Å². The largest absolute Gasteiger partial charge is 0.366 e. The predicted molar refractivity (Wildman–Crippen MR) is 111 cm³/mol. The van der Waals surface area contributed by atoms with Gasteiger partial charge in [0.05, 0.1) is 5.69 Å². The predicted octanol–water partition coefficient (Wildman–Crippen LogP) is 3.65. The smallest absolute Gasteiger partial charge is 0.225 e. The zero-order valence-electron chi connectivity index (χ0n) is 16.2. The van der Waals surface area contributed by atoms with Crippen LogP contribution in [0.15, 0.2) is 54.9 Å². The summed E-state index contributed by atoms with van der Waals surface area (Å²) in [6.45, 7) is 2.33. The van der Waals surface area contributed by atoms with Gasteiger partial charge in [-0.1, -0.05) is 12.1 Å². The van der Waals surface area contributed by atoms with Gasteiger partial charge in [0.15, 0.2) is 0 Å². The fourth-order valence-electron chi connectivity index (χ4n) is 2.68. The quantitative estimate of drug-likeness (QED) is 0.553. The number of hydrogen-bond donors (Lipinski definition) is 2. The zero-order chi connectivity index (χ0) is 19.8. The lowest BCUT2D eigenvalue weighted by molar-refractivity contribution is 0.405. The van der Waals surface area contributed by atoms with Gasteiger partial charge in [-0.2, -0.15) is 4.98 Å². The molecule has 2 aromatic heterocycles. The van der Waals surface area contributed by atoms with Crippen LogP contribution in [0.1, 0.15) is 12.0 Å². The van der Waals surface area contributed by atoms with Crippen LogP contribution in [0.25, 0.3) is 11.3 Å². The summed E-state index contributed by atoms with van der Waals surface area (Å²) in [6, 6.07) is 12.2. The molecule has 0 saturated heterocycles. The van der Waals surface area contributed by atoms with Crippen LogP contribution < -0.4 is 10.6 Å². The molecule has 0 amide bonds. The number of benzene rings is 1. The minimum atomic E-state index is -0.241. The van der Waals surface area contributed by atoms with E-state index in [4.69, 9.17) is 0 Å². The Kier molecular flexibility index (Phi) is 6.86. The lowest BCUT2D eigenvalue weighted by atomic mass is 10.2. The first-order chi connectivity index (χ1) is 13.6. The summed E-state index contributed by atoms with van der Waals surface area (Å²) in [4.78, 5) is 15.4. The SMILES string of the molecule is CN(C)CCCNc1nc(NCc2ccc(F)cc2)cc(-c2ccncc2)n1. The summed E-state index contributed by atoms with van der Waals surface area (Å²) in [5.74, 6) is 1.05. The van der Waals surface area contributed by atoms with Crippen molar-refractivity contribution in [1.29, 1.82) is 0 Å². The first-order valence-corrected chi connectivity index (χ1v) is 9.26. The summed E-state index contributed by atoms with van der Waals surface area (Å²) in [7, 11) is 4.11. The highest BCUT2D eigenvalue weighted by atomic mass is 19.1. The second-order valence-electron chi connectivity index (χ2n) is 6.76. The van der Waals surface area contributed by atoms with Gasteiger partial charge in [-0.3, -0.25) is 4.98 Å². The zero-order valence-corrected chi connectivity index (χ0v) is 16.2. The average Bonchev–Trinajstić information content (AvgIpc) is 2.71. The van der Waals surface area contributed by atoms with Gasteiger partial charge in [-0.15, -0.1) is 0 Å². The van der Waals surface area contributed by atoms with Crippen LogP contribution in [-0.2, 0) is 6.54 Å². The highest BCUT2D eigenvalue weighted by molar-refractivity contribution is 5.63. The van der Waals surface area contributed by atoms with Gasteiger partial charge in [0.25, 0.3) is 0 Å². The third-order valence-electron chi connectivity index (χ3n) is 4.15. The van der Waals surface area contributed by atoms with Crippen molar-refractivity contribution < 1.29 is 4.39 Å². The molecule has 0 fully saturated rings. The van der Waals surface area contributed by atoms with Crippen LogP contribution in [-0.4, -0.2) is 47.0 Å². The van der Waals surface area contributed by atoms with E-state index < -0.39 is 0 Å². The lowest BCUT2D eigenvalue weighted by Crippen LogP contribution is -2.17. The molecule has 146 valence electrons. The van der Waals surface area contributed by atoms with Gasteiger partial charge in [0, 0.05) is 37.1 Å². The third-order valence-corrected chi connectivity index (χ3v) is 4.15. The van der Waals surface area contributed by atoms with E-state index >= 15 is 0 Å². The van der Waals surface area contributed by atoms with Crippen LogP contribution >= 0.6 is 0 Å². The minimum Gasteiger partial charge on any atom is -0.366 e. The number of hydrogen-bond acceptors (Lipinski definition) is 6. The monoisotopic (exact) mass is 380 g/mol. The van der Waals surface area contributed by atoms with Crippen molar-refractivity contribution in [2.75, 3.05) is 37.8 Å². The van der Waals surface area contributed by atoms with Gasteiger partial charge in [-0.25, -0.2) is 9.37 Å². The van der Waals surface area contributed by atoms with E-state index in [0.29, 0.717) is 18.3 Å². The van der Waals surface area contributed by atoms with E-state index in [1.165, 1.54) is 12.1 Å². The van der Waals surface area contributed by atoms with Crippen molar-refractivity contribution in [2.45, 2.75) is 13.0 Å². The number of rotatable bonds is 9. The van der Waals surface area contributed by atoms with Gasteiger partial charge in [0.1, 0.15) is 11.6 Å². The van der Waals surface area contributed by atoms with Crippen molar-refractivity contribution in [2.24, 2.45) is 0 Å². The van der Waals surface area contributed by atoms with Crippen LogP contribution in [0.3, 0.4) is 0 Å². The third kappa shape index (κ3) is 5.99. The lowest BCUT2D eigenvalue weighted by Gasteiger charge is -2.13. The number of aromatic nitrogens is 3. The summed E-state index contributed by atoms with van der Waals surface area (Å²) in [6.07, 6.45) is 4.48. The van der Waals surface area contributed by atoms with Crippen LogP contribution in [0.5, 0.6) is 0 Å². The molecule has 1 aromatic carbocycles. The van der Waals surface area contributed by atoms with E-state index in [1.54, 1.807) is 24.5 Å². The summed E-state index contributed by atoms with van der Waals surface area (Å²) >= 11 is 0. The van der Waals surface area contributed by atoms with Gasteiger partial charge in [0.2, 0.25) is 5.95 Å². The van der Waals surface area contributed by atoms with E-state index in [-0.39, 0.29) is 5.82 Å². The second-order valence-corrected chi connectivity index (χ2v) is 6.76. The molecule has 0 saturated carbocycles. The Morgan fingerprint density at radius 3 is 2.43 bits per heavy atom. The van der Waals surface area contributed by atoms with Crippen molar-refractivity contribution >= 4 is 11.8 Å². The Hall–Kier alpha value is -3.06. The maximum absolute atomic E-state index is 13.1. The fourth-order valence-corrected chi connectivity index (χ4v) is 2.68. The molecule has 2 N–H and O–H groups in total. The molecule has 0 aliphatic rings. The van der Waals surface area contributed by atoms with Crippen molar-refractivity contribution in [1.82, 2.24) is 19.9 Å². The number of halogens is 1. The Balaban J connectivity index is 1.75. The molecule has 0 radical (unpaired) electrons. The number of nitrogens with one attached hydrogen (secondary N) is 2. The van der Waals surface area contributed by atoms with E-state index in [0.717, 1.165) is 36.3 Å². The maximum atomic E-state index is 13.1. The van der Waals surface area contributed by atoms with E-state index in [2.05, 4.69) is 44.6 Å². The number of anilines is 2. The highest BCUT2D eigenvalue weighted by Gasteiger charge is 2.07. The first-order valence-electron chi connectivity index (χ1n) is 9.26. The van der Waals surface area contributed by atoms with Crippen molar-refractivity contribution in [3.05, 3.63) is 66.2 Å². The Morgan fingerprint density at radius 1 is 0.964 bits per heavy atom. The molecule has 0 bridgehead atoms. The molecule has 0 spiro atoms. The molecule has 6 nitrogen and oxygen atoms in total. The molecule has 0 aliphatic heterocycles. The molecular formula is C21H25FN6. The van der Waals surface area contributed by atoms with Gasteiger partial charge in [-0.05, 0) is 56.9 Å². The standard InChI is InChI=1S/C21H25FN6/c1-28(2)13-3-10-24-21-26-19(17-8-11-23-12-9-17)14-20(27-21)25-15-16-4-6-18(22)7-5-16/h4-9,11-12,14H,3,10,13,15H2,1-2H3,(H2,24,25,26,27). The summed E-state index contributed by atoms with van der Waals surface area (Å²) in [5.41, 5.74) is 2.76. The molecule has 0 unspecified atom stereocenters. The topological polar surface area (TPSA) is 66.0 Å². The molecule has 3 rings (SSSR count). The Bertz CT molecular complexity index is 868. The van der Waals surface area contributed by atoms with Crippen molar-refractivity contribution in [3.8, 4) is 11.3 Å². The first kappa shape index (κ1) is 19.7. The molecule has 28 heavy (non-hydrogen) atoms. The van der Waals surface area contributed by atoms with Gasteiger partial charge < -0.3 is 15.5 Å². The Morgan fingerprint density at radius 2 is 1.71 bits per heavy atom. The number of nitrogens with zero attached hydrogens (tertiary/aromatic N) is 4. The van der Waals surface area contributed by atoms with E-state index in [1.807, 2.05) is 18.2 Å². The normalized spacial score (nSPS) is 10.9. The second kappa shape index (κ2) is 9.75. The highest BCUT2D eigenvalue weighted by Crippen LogP contribution is 2.21. The number of pyridine rings is 1.